The minimum absolute atomic E-state index is 0.112. The molecule has 1 aromatic carbocycles. The first-order valence-corrected chi connectivity index (χ1v) is 7.98. The van der Waals surface area contributed by atoms with Gasteiger partial charge < -0.3 is 4.74 Å². The molecular weight excluding hydrogens is 326 g/mol. The van der Waals surface area contributed by atoms with E-state index < -0.39 is 5.97 Å². The SMILES string of the molecule is CCOC(=O)C=C1SCC(=O)N1CC(=O)c1ccc(Cl)cc1. The van der Waals surface area contributed by atoms with Crippen LogP contribution in [0.4, 0.5) is 0 Å². The fourth-order valence-corrected chi connectivity index (χ4v) is 2.91. The molecule has 1 aromatic rings. The van der Waals surface area contributed by atoms with E-state index in [9.17, 15) is 14.4 Å². The number of esters is 1. The Bertz CT molecular complexity index is 627. The average molecular weight is 340 g/mol. The van der Waals surface area contributed by atoms with E-state index in [1.54, 1.807) is 31.2 Å². The van der Waals surface area contributed by atoms with Crippen molar-refractivity contribution in [2.45, 2.75) is 6.92 Å². The van der Waals surface area contributed by atoms with Crippen LogP contribution < -0.4 is 0 Å². The maximum absolute atomic E-state index is 12.2. The Morgan fingerprint density at radius 2 is 2.05 bits per heavy atom. The lowest BCUT2D eigenvalue weighted by molar-refractivity contribution is -0.137. The van der Waals surface area contributed by atoms with Gasteiger partial charge in [0.2, 0.25) is 5.91 Å². The van der Waals surface area contributed by atoms with Crippen LogP contribution in [0.15, 0.2) is 35.4 Å². The summed E-state index contributed by atoms with van der Waals surface area (Å²) in [5, 5.41) is 0.970. The fourth-order valence-electron chi connectivity index (χ4n) is 1.86. The van der Waals surface area contributed by atoms with Crippen LogP contribution in [0.25, 0.3) is 0 Å². The van der Waals surface area contributed by atoms with Crippen LogP contribution >= 0.6 is 23.4 Å². The number of ether oxygens (including phenoxy) is 1. The Balaban J connectivity index is 2.11. The van der Waals surface area contributed by atoms with Gasteiger partial charge in [0.1, 0.15) is 0 Å². The highest BCUT2D eigenvalue weighted by Gasteiger charge is 2.29. The molecule has 0 radical (unpaired) electrons. The Kier molecular flexibility index (Phi) is 5.63. The number of amides is 1. The van der Waals surface area contributed by atoms with Gasteiger partial charge >= 0.3 is 5.97 Å². The molecule has 7 heteroatoms. The van der Waals surface area contributed by atoms with Crippen molar-refractivity contribution >= 4 is 41.0 Å². The lowest BCUT2D eigenvalue weighted by Gasteiger charge is -2.16. The number of rotatable bonds is 5. The van der Waals surface area contributed by atoms with E-state index in [2.05, 4.69) is 0 Å². The number of carbonyl (C=O) groups excluding carboxylic acids is 3. The molecule has 0 unspecified atom stereocenters. The minimum Gasteiger partial charge on any atom is -0.463 e. The van der Waals surface area contributed by atoms with E-state index in [-0.39, 0.29) is 30.6 Å². The molecule has 1 aliphatic heterocycles. The molecule has 0 N–H and O–H groups in total. The minimum atomic E-state index is -0.524. The zero-order valence-corrected chi connectivity index (χ0v) is 13.4. The summed E-state index contributed by atoms with van der Waals surface area (Å²) in [5.74, 6) is -0.743. The van der Waals surface area contributed by atoms with Crippen molar-refractivity contribution in [3.63, 3.8) is 0 Å². The van der Waals surface area contributed by atoms with Crippen molar-refractivity contribution in [2.24, 2.45) is 0 Å². The third-order valence-corrected chi connectivity index (χ3v) is 4.18. The van der Waals surface area contributed by atoms with Gasteiger partial charge in [-0.3, -0.25) is 14.5 Å². The fraction of sp³-hybridized carbons (Fsp3) is 0.267. The summed E-state index contributed by atoms with van der Waals surface area (Å²) in [5.41, 5.74) is 0.463. The normalized spacial score (nSPS) is 16.2. The molecule has 116 valence electrons. The average Bonchev–Trinajstić information content (AvgIpc) is 2.81. The molecule has 1 heterocycles. The topological polar surface area (TPSA) is 63.7 Å². The van der Waals surface area contributed by atoms with Crippen LogP contribution in [0.2, 0.25) is 5.02 Å². The maximum atomic E-state index is 12.2. The second kappa shape index (κ2) is 7.47. The van der Waals surface area contributed by atoms with Crippen LogP contribution in [-0.2, 0) is 14.3 Å². The van der Waals surface area contributed by atoms with Crippen LogP contribution in [0, 0.1) is 0 Å². The van der Waals surface area contributed by atoms with Crippen LogP contribution in [0.3, 0.4) is 0 Å². The van der Waals surface area contributed by atoms with Crippen molar-refractivity contribution in [3.8, 4) is 0 Å². The summed E-state index contributed by atoms with van der Waals surface area (Å²) in [4.78, 5) is 36.9. The van der Waals surface area contributed by atoms with Gasteiger partial charge in [-0.15, -0.1) is 0 Å². The molecular formula is C15H14ClNO4S. The Hall–Kier alpha value is -1.79. The van der Waals surface area contributed by atoms with Gasteiger partial charge in [-0.05, 0) is 31.2 Å². The number of hydrogen-bond acceptors (Lipinski definition) is 5. The van der Waals surface area contributed by atoms with Crippen LogP contribution in [0.1, 0.15) is 17.3 Å². The highest BCUT2D eigenvalue weighted by molar-refractivity contribution is 8.04. The predicted molar refractivity (Wildman–Crippen MR) is 84.7 cm³/mol. The lowest BCUT2D eigenvalue weighted by Crippen LogP contribution is -2.31. The van der Waals surface area contributed by atoms with Gasteiger partial charge in [-0.25, -0.2) is 4.79 Å². The van der Waals surface area contributed by atoms with E-state index in [0.717, 1.165) is 0 Å². The van der Waals surface area contributed by atoms with E-state index in [4.69, 9.17) is 16.3 Å². The number of Topliss-reactive ketones (excluding diaryl/α,β-unsaturated/α-hetero) is 1. The standard InChI is InChI=1S/C15H14ClNO4S/c1-2-21-15(20)7-14-17(13(19)9-22-14)8-12(18)10-3-5-11(16)6-4-10/h3-7H,2,8-9H2,1H3. The molecule has 2 rings (SSSR count). The Morgan fingerprint density at radius 1 is 1.36 bits per heavy atom. The van der Waals surface area contributed by atoms with Crippen LogP contribution in [-0.4, -0.2) is 41.5 Å². The summed E-state index contributed by atoms with van der Waals surface area (Å²) < 4.78 is 4.82. The Morgan fingerprint density at radius 3 is 2.68 bits per heavy atom. The van der Waals surface area contributed by atoms with Gasteiger partial charge in [0, 0.05) is 10.6 Å². The van der Waals surface area contributed by atoms with Gasteiger partial charge in [0.25, 0.3) is 0 Å². The zero-order chi connectivity index (χ0) is 16.1. The van der Waals surface area contributed by atoms with Crippen molar-refractivity contribution < 1.29 is 19.1 Å². The first-order valence-electron chi connectivity index (χ1n) is 6.61. The van der Waals surface area contributed by atoms with E-state index in [1.807, 2.05) is 0 Å². The number of carbonyl (C=O) groups is 3. The summed E-state index contributed by atoms with van der Waals surface area (Å²) in [6, 6.07) is 6.44. The summed E-state index contributed by atoms with van der Waals surface area (Å²) in [7, 11) is 0. The third-order valence-electron chi connectivity index (χ3n) is 2.91. The van der Waals surface area contributed by atoms with Gasteiger partial charge in [0.05, 0.1) is 30.0 Å². The number of hydrogen-bond donors (Lipinski definition) is 0. The molecule has 1 aliphatic rings. The van der Waals surface area contributed by atoms with Crippen molar-refractivity contribution in [3.05, 3.63) is 46.0 Å². The predicted octanol–water partition coefficient (Wildman–Crippen LogP) is 2.50. The largest absolute Gasteiger partial charge is 0.463 e. The van der Waals surface area contributed by atoms with Crippen molar-refractivity contribution in [1.82, 2.24) is 4.90 Å². The molecule has 0 atom stereocenters. The molecule has 5 nitrogen and oxygen atoms in total. The molecule has 0 aliphatic carbocycles. The summed E-state index contributed by atoms with van der Waals surface area (Å²) >= 11 is 7.00. The van der Waals surface area contributed by atoms with Gasteiger partial charge in [0.15, 0.2) is 5.78 Å². The van der Waals surface area contributed by atoms with Gasteiger partial charge in [-0.2, -0.15) is 0 Å². The van der Waals surface area contributed by atoms with E-state index in [0.29, 0.717) is 15.6 Å². The summed E-state index contributed by atoms with van der Waals surface area (Å²) in [6.07, 6.45) is 1.24. The number of nitrogens with zero attached hydrogens (tertiary/aromatic N) is 1. The van der Waals surface area contributed by atoms with E-state index >= 15 is 0 Å². The Labute approximate surface area is 137 Å². The monoisotopic (exact) mass is 339 g/mol. The van der Waals surface area contributed by atoms with Crippen LogP contribution in [0.5, 0.6) is 0 Å². The van der Waals surface area contributed by atoms with Crippen molar-refractivity contribution in [2.75, 3.05) is 18.9 Å². The quantitative estimate of drug-likeness (QED) is 0.468. The lowest BCUT2D eigenvalue weighted by atomic mass is 10.1. The molecule has 0 spiro atoms. The molecule has 0 bridgehead atoms. The number of halogens is 1. The smallest absolute Gasteiger partial charge is 0.333 e. The molecule has 1 amide bonds. The molecule has 0 aromatic heterocycles. The molecule has 0 saturated carbocycles. The molecule has 22 heavy (non-hydrogen) atoms. The second-order valence-corrected chi connectivity index (χ2v) is 5.87. The summed E-state index contributed by atoms with van der Waals surface area (Å²) in [6.45, 7) is 1.84. The number of benzene rings is 1. The second-order valence-electron chi connectivity index (χ2n) is 4.43. The molecule has 1 saturated heterocycles. The first kappa shape index (κ1) is 16.6. The highest BCUT2D eigenvalue weighted by atomic mass is 35.5. The highest BCUT2D eigenvalue weighted by Crippen LogP contribution is 2.29. The number of ketones is 1. The molecule has 1 fully saturated rings. The number of thioether (sulfide) groups is 1. The van der Waals surface area contributed by atoms with Gasteiger partial charge in [-0.1, -0.05) is 23.4 Å². The third kappa shape index (κ3) is 4.11. The first-order chi connectivity index (χ1) is 10.5. The van der Waals surface area contributed by atoms with E-state index in [1.165, 1.54) is 22.7 Å². The van der Waals surface area contributed by atoms with Crippen molar-refractivity contribution in [1.29, 1.82) is 0 Å². The zero-order valence-electron chi connectivity index (χ0n) is 11.9. The maximum Gasteiger partial charge on any atom is 0.333 e.